The van der Waals surface area contributed by atoms with Crippen molar-refractivity contribution in [2.24, 2.45) is 17.6 Å². The minimum Gasteiger partial charge on any atom is -0.508 e. The van der Waals surface area contributed by atoms with Crippen molar-refractivity contribution >= 4 is 29.0 Å². The molecule has 228 valence electrons. The quantitative estimate of drug-likeness (QED) is 0.226. The van der Waals surface area contributed by atoms with Gasteiger partial charge in [0.1, 0.15) is 28.7 Å². The van der Waals surface area contributed by atoms with Crippen LogP contribution in [0.25, 0.3) is 5.76 Å². The van der Waals surface area contributed by atoms with Crippen LogP contribution in [-0.4, -0.2) is 105 Å². The van der Waals surface area contributed by atoms with Crippen molar-refractivity contribution in [2.45, 2.75) is 50.4 Å². The summed E-state index contributed by atoms with van der Waals surface area (Å²) in [5.41, 5.74) is -0.0416. The lowest BCUT2D eigenvalue weighted by molar-refractivity contribution is -0.153. The van der Waals surface area contributed by atoms with E-state index in [9.17, 15) is 39.6 Å². The number of carbonyl (C=O) groups excluding carboxylic acids is 4. The topological polar surface area (TPSA) is 194 Å². The van der Waals surface area contributed by atoms with E-state index in [0.717, 1.165) is 6.07 Å². The van der Waals surface area contributed by atoms with Gasteiger partial charge in [0, 0.05) is 29.2 Å². The molecule has 42 heavy (non-hydrogen) atoms. The molecule has 12 nitrogen and oxygen atoms in total. The Balaban J connectivity index is 1.84. The highest BCUT2D eigenvalue weighted by Gasteiger charge is 2.64. The Morgan fingerprint density at radius 1 is 1.19 bits per heavy atom. The minimum absolute atomic E-state index is 0.0552. The number of nitrogens with one attached hydrogen (secondary N) is 1. The number of nitrogens with two attached hydrogens (primary N) is 1. The number of ketones is 3. The summed E-state index contributed by atoms with van der Waals surface area (Å²) < 4.78 is 16.1. The molecular weight excluding hydrogens is 551 g/mol. The number of nitrogens with zero attached hydrogens (tertiary/aromatic N) is 2. The van der Waals surface area contributed by atoms with Gasteiger partial charge in [0.2, 0.25) is 5.78 Å². The fraction of sp³-hybridized carbons (Fsp3) is 0.517. The Kier molecular flexibility index (Phi) is 7.87. The number of hydrogen-bond donors (Lipinski definition) is 6. The number of hydrogen-bond acceptors (Lipinski definition) is 11. The normalized spacial score (nSPS) is 26.0. The fourth-order valence-corrected chi connectivity index (χ4v) is 6.50. The number of aromatic hydroxyl groups is 1. The zero-order valence-electron chi connectivity index (χ0n) is 24.4. The molecule has 3 aliphatic rings. The molecule has 0 unspecified atom stereocenters. The number of phenolic OH excluding ortho intramolecular Hbond substituents is 1. The Morgan fingerprint density at radius 2 is 1.81 bits per heavy atom. The number of likely N-dealkylation sites (N-methyl/N-ethyl adjacent to an activating group) is 3. The van der Waals surface area contributed by atoms with Gasteiger partial charge in [0.25, 0.3) is 5.91 Å². The van der Waals surface area contributed by atoms with Crippen LogP contribution in [0.2, 0.25) is 0 Å². The number of benzene rings is 1. The molecule has 0 aliphatic heterocycles. The van der Waals surface area contributed by atoms with Crippen molar-refractivity contribution in [1.29, 1.82) is 0 Å². The van der Waals surface area contributed by atoms with Gasteiger partial charge in [-0.15, -0.1) is 0 Å². The molecule has 7 N–H and O–H groups in total. The number of aliphatic hydroxyl groups excluding tert-OH is 2. The van der Waals surface area contributed by atoms with Crippen LogP contribution < -0.4 is 11.1 Å². The van der Waals surface area contributed by atoms with E-state index < -0.39 is 75.1 Å². The van der Waals surface area contributed by atoms with Crippen molar-refractivity contribution in [3.05, 3.63) is 45.5 Å². The number of phenols is 1. The molecular formula is C29H37FN4O8. The third-order valence-electron chi connectivity index (χ3n) is 9.11. The van der Waals surface area contributed by atoms with Crippen LogP contribution >= 0.6 is 0 Å². The number of halogens is 1. The van der Waals surface area contributed by atoms with E-state index in [1.165, 1.54) is 19.0 Å². The van der Waals surface area contributed by atoms with Crippen molar-refractivity contribution in [3.8, 4) is 5.75 Å². The molecule has 3 aliphatic carbocycles. The van der Waals surface area contributed by atoms with Gasteiger partial charge in [-0.2, -0.15) is 0 Å². The molecule has 0 radical (unpaired) electrons. The van der Waals surface area contributed by atoms with Crippen molar-refractivity contribution in [1.82, 2.24) is 15.1 Å². The van der Waals surface area contributed by atoms with Crippen molar-refractivity contribution < 1.29 is 44.0 Å². The molecule has 1 fully saturated rings. The number of rotatable bonds is 8. The zero-order valence-corrected chi connectivity index (χ0v) is 24.4. The summed E-state index contributed by atoms with van der Waals surface area (Å²) in [7, 11) is 6.27. The van der Waals surface area contributed by atoms with Crippen LogP contribution in [0.15, 0.2) is 23.0 Å². The Bertz CT molecular complexity index is 1470. The van der Waals surface area contributed by atoms with Crippen LogP contribution in [-0.2, 0) is 32.1 Å². The van der Waals surface area contributed by atoms with E-state index in [2.05, 4.69) is 5.32 Å². The molecule has 0 heterocycles. The fourth-order valence-electron chi connectivity index (χ4n) is 6.50. The van der Waals surface area contributed by atoms with Crippen LogP contribution in [0, 0.1) is 17.7 Å². The molecule has 4 rings (SSSR count). The molecule has 0 aromatic heterocycles. The predicted molar refractivity (Wildman–Crippen MR) is 149 cm³/mol. The van der Waals surface area contributed by atoms with Gasteiger partial charge in [-0.05, 0) is 66.9 Å². The molecule has 1 amide bonds. The second-order valence-electron chi connectivity index (χ2n) is 12.1. The third kappa shape index (κ3) is 4.42. The molecule has 4 atom stereocenters. The maximum absolute atomic E-state index is 16.1. The predicted octanol–water partition coefficient (Wildman–Crippen LogP) is 0.102. The van der Waals surface area contributed by atoms with E-state index in [4.69, 9.17) is 5.73 Å². The van der Waals surface area contributed by atoms with Gasteiger partial charge >= 0.3 is 0 Å². The molecule has 0 spiro atoms. The van der Waals surface area contributed by atoms with E-state index in [1.54, 1.807) is 32.8 Å². The monoisotopic (exact) mass is 588 g/mol. The summed E-state index contributed by atoms with van der Waals surface area (Å²) in [6, 6.07) is -0.132. The number of primary amides is 1. The maximum Gasteiger partial charge on any atom is 0.255 e. The molecule has 1 aromatic carbocycles. The summed E-state index contributed by atoms with van der Waals surface area (Å²) in [4.78, 5) is 54.8. The van der Waals surface area contributed by atoms with Gasteiger partial charge in [0.15, 0.2) is 17.2 Å². The van der Waals surface area contributed by atoms with Crippen molar-refractivity contribution in [2.75, 3.05) is 34.7 Å². The summed E-state index contributed by atoms with van der Waals surface area (Å²) in [6.45, 7) is 3.42. The van der Waals surface area contributed by atoms with Crippen LogP contribution in [0.4, 0.5) is 4.39 Å². The highest BCUT2D eigenvalue weighted by atomic mass is 19.1. The number of amides is 1. The van der Waals surface area contributed by atoms with Crippen LogP contribution in [0.3, 0.4) is 0 Å². The van der Waals surface area contributed by atoms with Gasteiger partial charge in [-0.1, -0.05) is 0 Å². The lowest BCUT2D eigenvalue weighted by Crippen LogP contribution is -2.65. The number of carbonyl (C=O) groups is 4. The first kappa shape index (κ1) is 31.3. The van der Waals surface area contributed by atoms with E-state index in [0.29, 0.717) is 0 Å². The number of aliphatic hydroxyl groups is 3. The highest BCUT2D eigenvalue weighted by Crippen LogP contribution is 2.53. The first-order valence-corrected chi connectivity index (χ1v) is 13.5. The standard InChI is InChI=1S/C29H37FN4O8/c1-28(2,17(36)10-32-3)34(6)11-13-9-16(35)19-14(21(13)30)7-12-8-15-22(33(4)5)24(38)20(27(31)41)26(40)29(15,42)25(39)18(12)23(19)37/h9,12,15,22,32,35,37,40,42H,7-8,10-11H2,1-6H3,(H2,31,41)/t12-,15-,22-,29-/m0/s1. The molecule has 13 heteroatoms. The molecule has 1 saturated carbocycles. The lowest BCUT2D eigenvalue weighted by atomic mass is 9.57. The van der Waals surface area contributed by atoms with E-state index in [-0.39, 0.29) is 54.0 Å². The summed E-state index contributed by atoms with van der Waals surface area (Å²) in [5, 5.41) is 47.5. The first-order chi connectivity index (χ1) is 19.4. The second kappa shape index (κ2) is 10.6. The van der Waals surface area contributed by atoms with Crippen LogP contribution in [0.5, 0.6) is 5.75 Å². The molecule has 1 aromatic rings. The van der Waals surface area contributed by atoms with Gasteiger partial charge in [0.05, 0.1) is 23.7 Å². The number of fused-ring (bicyclic) bond motifs is 3. The number of Topliss-reactive ketones (excluding diaryl/α,β-unsaturated/α-hetero) is 3. The van der Waals surface area contributed by atoms with Gasteiger partial charge < -0.3 is 31.5 Å². The van der Waals surface area contributed by atoms with Gasteiger partial charge in [-0.3, -0.25) is 29.0 Å². The average Bonchev–Trinajstić information content (AvgIpc) is 2.88. The smallest absolute Gasteiger partial charge is 0.255 e. The Morgan fingerprint density at radius 3 is 2.36 bits per heavy atom. The summed E-state index contributed by atoms with van der Waals surface area (Å²) in [5.74, 6) is -8.90. The minimum atomic E-state index is -2.77. The summed E-state index contributed by atoms with van der Waals surface area (Å²) >= 11 is 0. The van der Waals surface area contributed by atoms with Crippen molar-refractivity contribution in [3.63, 3.8) is 0 Å². The molecule has 0 saturated heterocycles. The van der Waals surface area contributed by atoms with E-state index >= 15 is 4.39 Å². The third-order valence-corrected chi connectivity index (χ3v) is 9.11. The lowest BCUT2D eigenvalue weighted by Gasteiger charge is -2.50. The second-order valence-corrected chi connectivity index (χ2v) is 12.1. The zero-order chi connectivity index (χ0) is 31.6. The Labute approximate surface area is 242 Å². The first-order valence-electron chi connectivity index (χ1n) is 13.5. The van der Waals surface area contributed by atoms with Gasteiger partial charge in [-0.25, -0.2) is 4.39 Å². The average molecular weight is 589 g/mol. The maximum atomic E-state index is 16.1. The Hall–Kier alpha value is -3.65. The SMILES string of the molecule is CNCC(=O)C(C)(C)N(C)Cc1cc(O)c2c(c1F)C[C@H]1C[C@H]3[C@H](N(C)C)C(=O)C(C(N)=O)=C(O)[C@@]3(O)C(=O)C1=C2O. The van der Waals surface area contributed by atoms with Crippen LogP contribution in [0.1, 0.15) is 37.0 Å². The summed E-state index contributed by atoms with van der Waals surface area (Å²) in [6.07, 6.45) is -0.324. The molecule has 0 bridgehead atoms. The van der Waals surface area contributed by atoms with E-state index in [1.807, 2.05) is 0 Å². The largest absolute Gasteiger partial charge is 0.508 e. The highest BCUT2D eigenvalue weighted by molar-refractivity contribution is 6.24.